The van der Waals surface area contributed by atoms with Gasteiger partial charge in [0.15, 0.2) is 0 Å². The Morgan fingerprint density at radius 1 is 1.10 bits per heavy atom. The molecule has 0 saturated heterocycles. The van der Waals surface area contributed by atoms with E-state index >= 15 is 0 Å². The molecule has 166 valence electrons. The van der Waals surface area contributed by atoms with E-state index in [1.165, 1.54) is 19.1 Å². The van der Waals surface area contributed by atoms with E-state index in [2.05, 4.69) is 0 Å². The van der Waals surface area contributed by atoms with Crippen LogP contribution in [0, 0.1) is 16.7 Å². The van der Waals surface area contributed by atoms with Crippen molar-refractivity contribution in [3.8, 4) is 6.07 Å². The molecule has 0 amide bonds. The molecule has 0 spiro atoms. The lowest BCUT2D eigenvalue weighted by atomic mass is 9.78. The number of esters is 2. The summed E-state index contributed by atoms with van der Waals surface area (Å²) in [6, 6.07) is 9.70. The molecule has 1 atom stereocenters. The second kappa shape index (κ2) is 10.0. The Balaban J connectivity index is 3.14. The monoisotopic (exact) mass is 449 g/mol. The van der Waals surface area contributed by atoms with Crippen molar-refractivity contribution >= 4 is 36.2 Å². The summed E-state index contributed by atoms with van der Waals surface area (Å²) >= 11 is 0. The van der Waals surface area contributed by atoms with Gasteiger partial charge in [-0.3, -0.25) is 4.79 Å². The minimum atomic E-state index is -4.16. The molecule has 0 bridgehead atoms. The molecule has 0 aliphatic heterocycles. The number of methoxy groups -OCH3 is 1. The van der Waals surface area contributed by atoms with E-state index < -0.39 is 41.6 Å². The second-order valence-electron chi connectivity index (χ2n) is 6.22. The van der Waals surface area contributed by atoms with Crippen molar-refractivity contribution in [1.82, 2.24) is 0 Å². The molecule has 9 nitrogen and oxygen atoms in total. The molecule has 0 radical (unpaired) electrons. The summed E-state index contributed by atoms with van der Waals surface area (Å²) in [5, 5.41) is 9.52. The minimum absolute atomic E-state index is 0.0604. The van der Waals surface area contributed by atoms with Gasteiger partial charge in [-0.2, -0.15) is 5.26 Å². The number of hydrogen-bond donors (Lipinski definition) is 1. The highest BCUT2D eigenvalue weighted by atomic mass is 31.2. The molecule has 0 saturated carbocycles. The molecule has 1 unspecified atom stereocenters. The first-order valence-electron chi connectivity index (χ1n) is 9.59. The van der Waals surface area contributed by atoms with E-state index in [-0.39, 0.29) is 31.0 Å². The summed E-state index contributed by atoms with van der Waals surface area (Å²) in [5.41, 5.74) is -2.98. The van der Waals surface area contributed by atoms with E-state index in [0.717, 1.165) is 7.11 Å². The number of nitrogens with zero attached hydrogens (tertiary/aromatic N) is 1. The largest absolute Gasteiger partial charge is 0.465 e. The molecule has 1 N–H and O–H groups in total. The highest BCUT2D eigenvalue weighted by Gasteiger charge is 2.63. The maximum absolute atomic E-state index is 13.7. The van der Waals surface area contributed by atoms with Crippen molar-refractivity contribution in [2.45, 2.75) is 20.8 Å². The molecule has 0 aromatic heterocycles. The number of benzene rings is 1. The molecule has 1 aliphatic carbocycles. The summed E-state index contributed by atoms with van der Waals surface area (Å²) in [6.07, 6.45) is 0. The maximum Gasteiger partial charge on any atom is 0.339 e. The van der Waals surface area contributed by atoms with Gasteiger partial charge in [0, 0.05) is 5.57 Å². The summed E-state index contributed by atoms with van der Waals surface area (Å²) in [7, 11) is -3.08. The number of ether oxygens (including phenoxy) is 2. The Labute approximate surface area is 180 Å². The van der Waals surface area contributed by atoms with Gasteiger partial charge in [0.2, 0.25) is 11.2 Å². The van der Waals surface area contributed by atoms with Crippen LogP contribution in [0.2, 0.25) is 0 Å². The standard InChI is InChI=1S/C21H24NO8P/c1-5-28-20(25)21(13-22)16(14-11-9-8-10-12-14)15(19(24)27-4)17(18(21)23)31(26,29-6-2)30-7-3/h8-12,26H,5-7H2,1-4H3. The van der Waals surface area contributed by atoms with E-state index in [4.69, 9.17) is 18.5 Å². The number of carbonyl (C=O) groups is 3. The predicted molar refractivity (Wildman–Crippen MR) is 112 cm³/mol. The first kappa shape index (κ1) is 24.5. The molecule has 1 aliphatic rings. The van der Waals surface area contributed by atoms with Crippen LogP contribution < -0.4 is 0 Å². The SMILES string of the molecule is CCOC(=O)C1(C#N)C(=O)C(=P(O)(OCC)OCC)C(C(=O)OC)=C1c1ccccc1. The molecule has 2 rings (SSSR count). The number of ketones is 1. The Bertz CT molecular complexity index is 998. The Hall–Kier alpha value is -2.76. The molecule has 1 aromatic carbocycles. The lowest BCUT2D eigenvalue weighted by Crippen LogP contribution is -2.40. The second-order valence-corrected chi connectivity index (χ2v) is 8.23. The van der Waals surface area contributed by atoms with Gasteiger partial charge in [-0.25, -0.2) is 9.59 Å². The van der Waals surface area contributed by atoms with Crippen LogP contribution in [-0.4, -0.2) is 54.8 Å². The van der Waals surface area contributed by atoms with Gasteiger partial charge in [0.1, 0.15) is 5.29 Å². The zero-order valence-corrected chi connectivity index (χ0v) is 18.6. The zero-order valence-electron chi connectivity index (χ0n) is 17.7. The predicted octanol–water partition coefficient (Wildman–Crippen LogP) is 2.27. The summed E-state index contributed by atoms with van der Waals surface area (Å²) in [6.45, 7) is 4.41. The quantitative estimate of drug-likeness (QED) is 0.360. The molecule has 1 aromatic rings. The maximum atomic E-state index is 13.7. The van der Waals surface area contributed by atoms with Crippen LogP contribution in [-0.2, 0) is 32.9 Å². The fourth-order valence-corrected chi connectivity index (χ4v) is 5.29. The average molecular weight is 449 g/mol. The number of carbonyl (C=O) groups excluding carboxylic acids is 3. The summed E-state index contributed by atoms with van der Waals surface area (Å²) in [4.78, 5) is 50.8. The van der Waals surface area contributed by atoms with Crippen LogP contribution in [0.15, 0.2) is 35.9 Å². The van der Waals surface area contributed by atoms with Crippen molar-refractivity contribution in [1.29, 1.82) is 5.26 Å². The van der Waals surface area contributed by atoms with Crippen LogP contribution in [0.1, 0.15) is 26.3 Å². The number of rotatable bonds is 8. The van der Waals surface area contributed by atoms with Crippen LogP contribution in [0.4, 0.5) is 0 Å². The van der Waals surface area contributed by atoms with E-state index in [1.54, 1.807) is 38.1 Å². The topological polar surface area (TPSA) is 132 Å². The Morgan fingerprint density at radius 2 is 1.68 bits per heavy atom. The van der Waals surface area contributed by atoms with Gasteiger partial charge in [-0.1, -0.05) is 30.3 Å². The third kappa shape index (κ3) is 4.08. The van der Waals surface area contributed by atoms with E-state index in [9.17, 15) is 24.5 Å². The van der Waals surface area contributed by atoms with Gasteiger partial charge in [-0.15, -0.1) is 0 Å². The summed E-state index contributed by atoms with van der Waals surface area (Å²) < 4.78 is 20.7. The van der Waals surface area contributed by atoms with E-state index in [0.29, 0.717) is 0 Å². The van der Waals surface area contributed by atoms with Gasteiger partial charge in [0.05, 0.1) is 38.6 Å². The van der Waals surface area contributed by atoms with Crippen molar-refractivity contribution < 1.29 is 37.8 Å². The Kier molecular flexibility index (Phi) is 7.93. The molecular weight excluding hydrogens is 425 g/mol. The van der Waals surface area contributed by atoms with Crippen LogP contribution in [0.5, 0.6) is 0 Å². The lowest BCUT2D eigenvalue weighted by molar-refractivity contribution is -0.151. The molecule has 10 heteroatoms. The number of hydrogen-bond acceptors (Lipinski definition) is 9. The number of nitriles is 1. The first-order chi connectivity index (χ1) is 14.8. The highest BCUT2D eigenvalue weighted by molar-refractivity contribution is 7.65. The van der Waals surface area contributed by atoms with Crippen molar-refractivity contribution in [2.75, 3.05) is 26.9 Å². The fourth-order valence-electron chi connectivity index (χ4n) is 3.35. The highest BCUT2D eigenvalue weighted by Crippen LogP contribution is 2.56. The Morgan fingerprint density at radius 3 is 2.13 bits per heavy atom. The molecule has 0 fully saturated rings. The summed E-state index contributed by atoms with van der Waals surface area (Å²) in [5.74, 6) is -3.33. The average Bonchev–Trinajstić information content (AvgIpc) is 3.04. The van der Waals surface area contributed by atoms with Crippen molar-refractivity contribution in [3.05, 3.63) is 41.5 Å². The molecule has 31 heavy (non-hydrogen) atoms. The normalized spacial score (nSPS) is 18.7. The lowest BCUT2D eigenvalue weighted by Gasteiger charge is -2.23. The van der Waals surface area contributed by atoms with Gasteiger partial charge < -0.3 is 23.4 Å². The third-order valence-electron chi connectivity index (χ3n) is 4.51. The third-order valence-corrected chi connectivity index (χ3v) is 6.72. The van der Waals surface area contributed by atoms with Crippen molar-refractivity contribution in [3.63, 3.8) is 0 Å². The van der Waals surface area contributed by atoms with E-state index in [1.807, 2.05) is 0 Å². The number of Topliss-reactive ketones (excluding diaryl/α,β-unsaturated/α-hetero) is 1. The first-order valence-corrected chi connectivity index (χ1v) is 11.2. The van der Waals surface area contributed by atoms with Gasteiger partial charge in [-0.05, 0) is 26.3 Å². The van der Waals surface area contributed by atoms with Crippen LogP contribution >= 0.6 is 7.57 Å². The molecule has 0 heterocycles. The van der Waals surface area contributed by atoms with Gasteiger partial charge in [0.25, 0.3) is 7.57 Å². The van der Waals surface area contributed by atoms with Gasteiger partial charge >= 0.3 is 11.9 Å². The van der Waals surface area contributed by atoms with Crippen LogP contribution in [0.25, 0.3) is 5.57 Å². The minimum Gasteiger partial charge on any atom is -0.465 e. The smallest absolute Gasteiger partial charge is 0.339 e. The van der Waals surface area contributed by atoms with Crippen molar-refractivity contribution in [2.24, 2.45) is 5.41 Å². The molecular formula is C21H24NO8P. The fraction of sp³-hybridized carbons (Fsp3) is 0.381. The van der Waals surface area contributed by atoms with Crippen LogP contribution in [0.3, 0.4) is 0 Å². The zero-order chi connectivity index (χ0) is 23.2.